The summed E-state index contributed by atoms with van der Waals surface area (Å²) in [4.78, 5) is 2.42. The van der Waals surface area contributed by atoms with Gasteiger partial charge in [0.25, 0.3) is 0 Å². The minimum absolute atomic E-state index is 0.00243. The van der Waals surface area contributed by atoms with Crippen LogP contribution in [-0.2, 0) is 16.2 Å². The number of rotatable bonds is 3. The molecule has 40 heavy (non-hydrogen) atoms. The van der Waals surface area contributed by atoms with Crippen molar-refractivity contribution in [3.63, 3.8) is 0 Å². The third kappa shape index (κ3) is 3.33. The van der Waals surface area contributed by atoms with Crippen LogP contribution in [0.15, 0.2) is 109 Å². The second kappa shape index (κ2) is 8.58. The molecule has 7 rings (SSSR count). The molecule has 0 fully saturated rings. The third-order valence-electron chi connectivity index (χ3n) is 10.4. The summed E-state index contributed by atoms with van der Waals surface area (Å²) in [5.74, 6) is 0. The van der Waals surface area contributed by atoms with Crippen molar-refractivity contribution < 1.29 is 0 Å². The van der Waals surface area contributed by atoms with Gasteiger partial charge in [-0.05, 0) is 93.1 Å². The number of para-hydroxylation sites is 1. The van der Waals surface area contributed by atoms with Gasteiger partial charge in [0.05, 0.1) is 0 Å². The SMILES string of the molecule is CC1(C)c2cc(N(C3=CCCC=C3)c3ccccc3)ccc2-c2c1ccc1c2C(C)(C)C(C)(C)c2ccccc2-1. The lowest BCUT2D eigenvalue weighted by atomic mass is 9.54. The van der Waals surface area contributed by atoms with E-state index in [0.29, 0.717) is 0 Å². The first kappa shape index (κ1) is 25.1. The van der Waals surface area contributed by atoms with E-state index < -0.39 is 0 Å². The van der Waals surface area contributed by atoms with Crippen LogP contribution in [-0.4, -0.2) is 0 Å². The molecular weight excluding hydrogens is 482 g/mol. The van der Waals surface area contributed by atoms with Crippen LogP contribution in [0.2, 0.25) is 0 Å². The first-order chi connectivity index (χ1) is 19.1. The van der Waals surface area contributed by atoms with Gasteiger partial charge in [-0.2, -0.15) is 0 Å². The van der Waals surface area contributed by atoms with Crippen molar-refractivity contribution in [2.45, 2.75) is 70.6 Å². The molecule has 0 spiro atoms. The Balaban J connectivity index is 1.47. The van der Waals surface area contributed by atoms with Gasteiger partial charge >= 0.3 is 0 Å². The second-order valence-corrected chi connectivity index (χ2v) is 13.3. The second-order valence-electron chi connectivity index (χ2n) is 13.3. The summed E-state index contributed by atoms with van der Waals surface area (Å²) in [7, 11) is 0. The predicted molar refractivity (Wildman–Crippen MR) is 171 cm³/mol. The molecule has 3 aliphatic rings. The van der Waals surface area contributed by atoms with E-state index in [0.717, 1.165) is 12.8 Å². The summed E-state index contributed by atoms with van der Waals surface area (Å²) in [6.07, 6.45) is 9.14. The summed E-state index contributed by atoms with van der Waals surface area (Å²) in [5.41, 5.74) is 15.0. The number of allylic oxidation sites excluding steroid dienone is 3. The monoisotopic (exact) mass is 521 g/mol. The highest BCUT2D eigenvalue weighted by molar-refractivity contribution is 5.93. The van der Waals surface area contributed by atoms with Crippen LogP contribution in [0.1, 0.15) is 76.6 Å². The first-order valence-electron chi connectivity index (χ1n) is 14.8. The smallest absolute Gasteiger partial charge is 0.0464 e. The van der Waals surface area contributed by atoms with Crippen LogP contribution in [0.3, 0.4) is 0 Å². The topological polar surface area (TPSA) is 3.24 Å². The van der Waals surface area contributed by atoms with E-state index in [1.807, 2.05) is 0 Å². The van der Waals surface area contributed by atoms with Crippen LogP contribution >= 0.6 is 0 Å². The van der Waals surface area contributed by atoms with Gasteiger partial charge < -0.3 is 4.90 Å². The maximum atomic E-state index is 2.47. The zero-order valence-corrected chi connectivity index (χ0v) is 24.7. The Hall–Kier alpha value is -3.84. The molecule has 200 valence electrons. The summed E-state index contributed by atoms with van der Waals surface area (Å²) in [6.45, 7) is 14.6. The highest BCUT2D eigenvalue weighted by Crippen LogP contribution is 2.61. The van der Waals surface area contributed by atoms with Crippen LogP contribution in [0.4, 0.5) is 11.4 Å². The van der Waals surface area contributed by atoms with Crippen LogP contribution in [0.5, 0.6) is 0 Å². The van der Waals surface area contributed by atoms with Gasteiger partial charge in [0.2, 0.25) is 0 Å². The highest BCUT2D eigenvalue weighted by atomic mass is 15.1. The van der Waals surface area contributed by atoms with Crippen molar-refractivity contribution in [3.8, 4) is 22.3 Å². The van der Waals surface area contributed by atoms with E-state index >= 15 is 0 Å². The fourth-order valence-corrected chi connectivity index (χ4v) is 7.53. The molecule has 0 saturated carbocycles. The molecule has 0 bridgehead atoms. The normalized spacial score (nSPS) is 18.7. The zero-order chi connectivity index (χ0) is 27.9. The minimum atomic E-state index is -0.0912. The van der Waals surface area contributed by atoms with Crippen molar-refractivity contribution >= 4 is 11.4 Å². The Bertz CT molecular complexity index is 1710. The van der Waals surface area contributed by atoms with E-state index in [2.05, 4.69) is 150 Å². The third-order valence-corrected chi connectivity index (χ3v) is 10.4. The number of benzene rings is 4. The molecule has 0 unspecified atom stereocenters. The van der Waals surface area contributed by atoms with Crippen LogP contribution in [0.25, 0.3) is 22.3 Å². The van der Waals surface area contributed by atoms with Crippen molar-refractivity contribution in [1.29, 1.82) is 0 Å². The van der Waals surface area contributed by atoms with E-state index in [-0.39, 0.29) is 16.2 Å². The summed E-state index contributed by atoms with van der Waals surface area (Å²) < 4.78 is 0. The number of hydrogen-bond acceptors (Lipinski definition) is 1. The molecule has 1 nitrogen and oxygen atoms in total. The average Bonchev–Trinajstić information content (AvgIpc) is 3.19. The van der Waals surface area contributed by atoms with E-state index in [1.165, 1.54) is 61.6 Å². The molecular formula is C39H39N. The molecule has 0 amide bonds. The van der Waals surface area contributed by atoms with E-state index in [1.54, 1.807) is 0 Å². The van der Waals surface area contributed by atoms with Gasteiger partial charge in [-0.25, -0.2) is 0 Å². The van der Waals surface area contributed by atoms with E-state index in [9.17, 15) is 0 Å². The van der Waals surface area contributed by atoms with Gasteiger partial charge in [0.1, 0.15) is 0 Å². The number of anilines is 2. The van der Waals surface area contributed by atoms with Gasteiger partial charge in [-0.15, -0.1) is 0 Å². The lowest BCUT2D eigenvalue weighted by Crippen LogP contribution is -2.44. The van der Waals surface area contributed by atoms with Crippen molar-refractivity contribution in [2.24, 2.45) is 0 Å². The Morgan fingerprint density at radius 1 is 0.575 bits per heavy atom. The summed E-state index contributed by atoms with van der Waals surface area (Å²) in [6, 6.07) is 31.9. The molecule has 0 N–H and O–H groups in total. The van der Waals surface area contributed by atoms with E-state index in [4.69, 9.17) is 0 Å². The summed E-state index contributed by atoms with van der Waals surface area (Å²) in [5, 5.41) is 0. The molecule has 0 radical (unpaired) electrons. The zero-order valence-electron chi connectivity index (χ0n) is 24.7. The molecule has 0 aliphatic heterocycles. The van der Waals surface area contributed by atoms with Gasteiger partial charge in [0.15, 0.2) is 0 Å². The predicted octanol–water partition coefficient (Wildman–Crippen LogP) is 10.6. The molecule has 0 aromatic heterocycles. The Morgan fingerprint density at radius 3 is 2.05 bits per heavy atom. The number of fused-ring (bicyclic) bond motifs is 7. The minimum Gasteiger partial charge on any atom is -0.311 e. The van der Waals surface area contributed by atoms with Crippen LogP contribution < -0.4 is 4.90 Å². The standard InChI is InChI=1S/C39H39N/c1-37(2)33-24-23-30-29-19-13-14-20-32(29)38(3,4)39(5,6)36(30)35(33)31-22-21-28(25-34(31)37)40(26-15-9-7-10-16-26)27-17-11-8-12-18-27/h7,9-11,13-25H,8,12H2,1-6H3. The van der Waals surface area contributed by atoms with Crippen molar-refractivity contribution in [1.82, 2.24) is 0 Å². The first-order valence-corrected chi connectivity index (χ1v) is 14.8. The maximum Gasteiger partial charge on any atom is 0.0464 e. The largest absolute Gasteiger partial charge is 0.311 e. The van der Waals surface area contributed by atoms with Crippen molar-refractivity contribution in [2.75, 3.05) is 4.90 Å². The quantitative estimate of drug-likeness (QED) is 0.259. The maximum absolute atomic E-state index is 2.47. The number of nitrogens with zero attached hydrogens (tertiary/aromatic N) is 1. The molecule has 0 heterocycles. The molecule has 3 aliphatic carbocycles. The molecule has 0 atom stereocenters. The fourth-order valence-electron chi connectivity index (χ4n) is 7.53. The lowest BCUT2D eigenvalue weighted by Gasteiger charge is -2.49. The van der Waals surface area contributed by atoms with Crippen LogP contribution in [0, 0.1) is 0 Å². The molecule has 4 aromatic rings. The van der Waals surface area contributed by atoms with Crippen molar-refractivity contribution in [3.05, 3.63) is 131 Å². The Kier molecular flexibility index (Phi) is 5.39. The van der Waals surface area contributed by atoms with Gasteiger partial charge in [-0.1, -0.05) is 114 Å². The Morgan fingerprint density at radius 2 is 1.30 bits per heavy atom. The average molecular weight is 522 g/mol. The number of hydrogen-bond donors (Lipinski definition) is 0. The molecule has 1 heteroatoms. The molecule has 4 aromatic carbocycles. The fraction of sp³-hybridized carbons (Fsp3) is 0.282. The molecule has 0 saturated heterocycles. The van der Waals surface area contributed by atoms with Gasteiger partial charge in [-0.3, -0.25) is 0 Å². The Labute approximate surface area is 239 Å². The lowest BCUT2D eigenvalue weighted by molar-refractivity contribution is 0.299. The summed E-state index contributed by atoms with van der Waals surface area (Å²) >= 11 is 0. The highest BCUT2D eigenvalue weighted by Gasteiger charge is 2.49. The van der Waals surface area contributed by atoms with Gasteiger partial charge in [0, 0.05) is 27.9 Å².